The van der Waals surface area contributed by atoms with Crippen LogP contribution < -0.4 is 0 Å². The molecule has 0 spiro atoms. The van der Waals surface area contributed by atoms with Gasteiger partial charge in [-0.15, -0.1) is 0 Å². The Hall–Kier alpha value is -2.18. The highest BCUT2D eigenvalue weighted by molar-refractivity contribution is 7.85. The topological polar surface area (TPSA) is 116 Å². The zero-order valence-electron chi connectivity index (χ0n) is 18.3. The summed E-state index contributed by atoms with van der Waals surface area (Å²) in [5, 5.41) is 0. The van der Waals surface area contributed by atoms with Crippen LogP contribution in [0.2, 0.25) is 0 Å². The van der Waals surface area contributed by atoms with Crippen molar-refractivity contribution in [2.75, 3.05) is 19.0 Å². The molecule has 1 aliphatic rings. The second-order valence-electron chi connectivity index (χ2n) is 8.06. The molecule has 0 radical (unpaired) electrons. The zero-order chi connectivity index (χ0) is 24.6. The van der Waals surface area contributed by atoms with Gasteiger partial charge in [-0.25, -0.2) is 9.59 Å². The first-order chi connectivity index (χ1) is 14.5. The summed E-state index contributed by atoms with van der Waals surface area (Å²) in [7, 11) is -5.12. The lowest BCUT2D eigenvalue weighted by atomic mass is 9.88. The van der Waals surface area contributed by atoms with Crippen molar-refractivity contribution >= 4 is 22.1 Å². The molecule has 180 valence electrons. The summed E-state index contributed by atoms with van der Waals surface area (Å²) in [6.45, 7) is 8.33. The minimum atomic E-state index is -5.27. The van der Waals surface area contributed by atoms with Gasteiger partial charge < -0.3 is 14.2 Å². The van der Waals surface area contributed by atoms with Crippen LogP contribution in [0.3, 0.4) is 0 Å². The molecule has 2 atom stereocenters. The Balaban J connectivity index is 2.48. The summed E-state index contributed by atoms with van der Waals surface area (Å²) in [5.41, 5.74) is 0.245. The summed E-state index contributed by atoms with van der Waals surface area (Å²) in [6.07, 6.45) is -7.76. The van der Waals surface area contributed by atoms with Crippen LogP contribution in [0.25, 0.3) is 0 Å². The Morgan fingerprint density at radius 2 is 1.53 bits per heavy atom. The maximum atomic E-state index is 13.2. The Labute approximate surface area is 183 Å². The largest absolute Gasteiger partial charge is 0.459 e. The molecule has 0 aliphatic carbocycles. The molecule has 1 saturated heterocycles. The van der Waals surface area contributed by atoms with Crippen LogP contribution in [-0.2, 0) is 24.3 Å². The third-order valence-electron chi connectivity index (χ3n) is 5.66. The molecule has 1 N–H and O–H groups in total. The smallest absolute Gasteiger partial charge is 0.426 e. The average Bonchev–Trinajstić information content (AvgIpc) is 2.63. The van der Waals surface area contributed by atoms with Crippen molar-refractivity contribution < 1.29 is 49.9 Å². The first-order valence-corrected chi connectivity index (χ1v) is 11.2. The van der Waals surface area contributed by atoms with Crippen LogP contribution >= 0.6 is 0 Å². The van der Waals surface area contributed by atoms with Gasteiger partial charge in [-0.05, 0) is 56.9 Å². The number of halogens is 3. The number of ether oxygens (including phenoxy) is 3. The van der Waals surface area contributed by atoms with E-state index in [-0.39, 0.29) is 17.7 Å². The van der Waals surface area contributed by atoms with E-state index >= 15 is 0 Å². The number of hydrogen-bond donors (Lipinski definition) is 1. The van der Waals surface area contributed by atoms with E-state index in [0.717, 1.165) is 0 Å². The fourth-order valence-electron chi connectivity index (χ4n) is 3.25. The van der Waals surface area contributed by atoms with Crippen molar-refractivity contribution in [3.63, 3.8) is 0 Å². The molecule has 1 aliphatic heterocycles. The number of carbonyl (C=O) groups excluding carboxylic acids is 2. The lowest BCUT2D eigenvalue weighted by Gasteiger charge is -2.37. The molecule has 0 amide bonds. The normalized spacial score (nSPS) is 19.8. The maximum absolute atomic E-state index is 13.2. The zero-order valence-corrected chi connectivity index (χ0v) is 19.1. The van der Waals surface area contributed by atoms with E-state index in [1.807, 2.05) is 0 Å². The predicted octanol–water partition coefficient (Wildman–Crippen LogP) is 3.23. The highest BCUT2D eigenvalue weighted by atomic mass is 32.2. The lowest BCUT2D eigenvalue weighted by molar-refractivity contribution is -0.197. The minimum absolute atomic E-state index is 0.125. The molecule has 12 heteroatoms. The highest BCUT2D eigenvalue weighted by Gasteiger charge is 2.46. The van der Waals surface area contributed by atoms with Crippen molar-refractivity contribution in [2.45, 2.75) is 58.9 Å². The molecule has 1 fully saturated rings. The van der Waals surface area contributed by atoms with Gasteiger partial charge in [0.2, 0.25) is 6.10 Å². The summed E-state index contributed by atoms with van der Waals surface area (Å²) in [4.78, 5) is 25.6. The van der Waals surface area contributed by atoms with Gasteiger partial charge >= 0.3 is 18.1 Å². The maximum Gasteiger partial charge on any atom is 0.426 e. The Kier molecular flexibility index (Phi) is 7.32. The molecule has 8 nitrogen and oxygen atoms in total. The first kappa shape index (κ1) is 26.1. The first-order valence-electron chi connectivity index (χ1n) is 9.61. The fourth-order valence-corrected chi connectivity index (χ4v) is 3.89. The van der Waals surface area contributed by atoms with E-state index in [1.54, 1.807) is 20.8 Å². The lowest BCUT2D eigenvalue weighted by Crippen LogP contribution is -2.45. The highest BCUT2D eigenvalue weighted by Crippen LogP contribution is 2.32. The van der Waals surface area contributed by atoms with Gasteiger partial charge in [0.1, 0.15) is 18.0 Å². The Morgan fingerprint density at radius 1 is 1.06 bits per heavy atom. The van der Waals surface area contributed by atoms with Crippen molar-refractivity contribution in [2.24, 2.45) is 0 Å². The summed E-state index contributed by atoms with van der Waals surface area (Å²) in [6, 6.07) is 0. The molecule has 32 heavy (non-hydrogen) atoms. The van der Waals surface area contributed by atoms with Gasteiger partial charge in [-0.3, -0.25) is 4.55 Å². The number of alkyl halides is 3. The predicted molar refractivity (Wildman–Crippen MR) is 106 cm³/mol. The van der Waals surface area contributed by atoms with E-state index in [2.05, 4.69) is 4.74 Å². The Morgan fingerprint density at radius 3 is 1.91 bits per heavy atom. The third kappa shape index (κ3) is 5.78. The van der Waals surface area contributed by atoms with Crippen molar-refractivity contribution in [3.05, 3.63) is 33.4 Å². The summed E-state index contributed by atoms with van der Waals surface area (Å²) < 4.78 is 85.6. The molecule has 1 aromatic rings. The average molecular weight is 482 g/mol. The molecule has 1 aromatic carbocycles. The molecule has 1 heterocycles. The second kappa shape index (κ2) is 8.99. The Bertz CT molecular complexity index is 1030. The van der Waals surface area contributed by atoms with Crippen LogP contribution in [-0.4, -0.2) is 61.8 Å². The summed E-state index contributed by atoms with van der Waals surface area (Å²) >= 11 is 0. The van der Waals surface area contributed by atoms with Gasteiger partial charge in [0.25, 0.3) is 10.1 Å². The fraction of sp³-hybridized carbons (Fsp3) is 0.600. The van der Waals surface area contributed by atoms with E-state index in [1.165, 1.54) is 13.8 Å². The van der Waals surface area contributed by atoms with Gasteiger partial charge in [0.15, 0.2) is 0 Å². The molecule has 0 bridgehead atoms. The van der Waals surface area contributed by atoms with Crippen molar-refractivity contribution in [3.8, 4) is 0 Å². The molecule has 0 aromatic heterocycles. The van der Waals surface area contributed by atoms with Gasteiger partial charge in [0.05, 0.1) is 17.7 Å². The number of benzene rings is 1. The van der Waals surface area contributed by atoms with Gasteiger partial charge in [-0.1, -0.05) is 0 Å². The monoisotopic (exact) mass is 482 g/mol. The quantitative estimate of drug-likeness (QED) is 0.465. The van der Waals surface area contributed by atoms with Crippen LogP contribution in [0.5, 0.6) is 0 Å². The number of hydrogen-bond acceptors (Lipinski definition) is 7. The molecule has 0 saturated carbocycles. The molecule has 2 unspecified atom stereocenters. The van der Waals surface area contributed by atoms with Gasteiger partial charge in [-0.2, -0.15) is 21.6 Å². The minimum Gasteiger partial charge on any atom is -0.459 e. The van der Waals surface area contributed by atoms with E-state index in [4.69, 9.17) is 14.0 Å². The number of carbonyl (C=O) groups is 2. The van der Waals surface area contributed by atoms with Crippen LogP contribution in [0, 0.1) is 27.7 Å². The van der Waals surface area contributed by atoms with Crippen LogP contribution in [0.4, 0.5) is 13.2 Å². The second-order valence-corrected chi connectivity index (χ2v) is 9.56. The van der Waals surface area contributed by atoms with Crippen LogP contribution in [0.15, 0.2) is 0 Å². The van der Waals surface area contributed by atoms with Crippen molar-refractivity contribution in [1.29, 1.82) is 0 Å². The van der Waals surface area contributed by atoms with E-state index in [0.29, 0.717) is 29.7 Å². The molecular formula is C20H25F3O8S. The molecular weight excluding hydrogens is 457 g/mol. The van der Waals surface area contributed by atoms with Crippen molar-refractivity contribution in [1.82, 2.24) is 0 Å². The molecule has 2 rings (SSSR count). The van der Waals surface area contributed by atoms with E-state index < -0.39 is 51.3 Å². The summed E-state index contributed by atoms with van der Waals surface area (Å²) in [5.74, 6) is -4.38. The SMILES string of the molecule is Cc1c(C)c(C)c(C(=O)OC(CS(=O)(=O)O)C(F)(F)F)c(C(=O)OCC2(C)CCO2)c1C. The number of rotatable bonds is 7. The standard InChI is InChI=1S/C20H25F3O8S/c1-10-11(2)13(4)16(18(25)31-14(20(21,22)23)8-32(26,27)28)15(12(10)3)17(24)29-9-19(5)6-7-30-19/h14H,6-9H2,1-5H3,(H,26,27,28). The van der Waals surface area contributed by atoms with E-state index in [9.17, 15) is 31.2 Å². The van der Waals surface area contributed by atoms with Crippen LogP contribution in [0.1, 0.15) is 56.3 Å². The van der Waals surface area contributed by atoms with Gasteiger partial charge in [0, 0.05) is 6.42 Å². The number of esters is 2. The third-order valence-corrected chi connectivity index (χ3v) is 6.39.